The Balaban J connectivity index is 2.50. The van der Waals surface area contributed by atoms with Gasteiger partial charge in [0, 0.05) is 20.6 Å². The van der Waals surface area contributed by atoms with Gasteiger partial charge in [0.25, 0.3) is 5.91 Å². The zero-order valence-electron chi connectivity index (χ0n) is 9.44. The molecule has 0 fully saturated rings. The van der Waals surface area contributed by atoms with E-state index in [4.69, 9.17) is 4.52 Å². The molecule has 0 unspecified atom stereocenters. The standard InChI is InChI=1S/C12H9Br2NO3/c1-2-10-6-11(16)18-15(10)12(17)7-3-8(13)5-9(14)4-7/h3-6H,2H2,1H3. The van der Waals surface area contributed by atoms with E-state index in [1.807, 2.05) is 13.0 Å². The molecule has 0 bridgehead atoms. The Morgan fingerprint density at radius 2 is 1.83 bits per heavy atom. The van der Waals surface area contributed by atoms with E-state index >= 15 is 0 Å². The summed E-state index contributed by atoms with van der Waals surface area (Å²) in [5.74, 6) is -0.365. The second-order valence-electron chi connectivity index (χ2n) is 3.66. The first-order chi connectivity index (χ1) is 8.51. The lowest BCUT2D eigenvalue weighted by Crippen LogP contribution is -2.14. The van der Waals surface area contributed by atoms with E-state index in [-0.39, 0.29) is 5.91 Å². The van der Waals surface area contributed by atoms with Gasteiger partial charge in [0.2, 0.25) is 0 Å². The summed E-state index contributed by atoms with van der Waals surface area (Å²) in [5.41, 5.74) is 0.473. The minimum absolute atomic E-state index is 0.365. The van der Waals surface area contributed by atoms with E-state index in [1.165, 1.54) is 6.07 Å². The molecule has 4 nitrogen and oxygen atoms in total. The van der Waals surface area contributed by atoms with Gasteiger partial charge >= 0.3 is 5.63 Å². The molecular formula is C12H9Br2NO3. The lowest BCUT2D eigenvalue weighted by Gasteiger charge is -2.04. The average molecular weight is 375 g/mol. The zero-order valence-corrected chi connectivity index (χ0v) is 12.6. The molecule has 0 aliphatic rings. The van der Waals surface area contributed by atoms with Gasteiger partial charge in [-0.15, -0.1) is 4.74 Å². The molecule has 0 amide bonds. The highest BCUT2D eigenvalue weighted by Gasteiger charge is 2.16. The van der Waals surface area contributed by atoms with Crippen molar-refractivity contribution in [2.45, 2.75) is 13.3 Å². The van der Waals surface area contributed by atoms with E-state index in [0.29, 0.717) is 17.7 Å². The summed E-state index contributed by atoms with van der Waals surface area (Å²) in [4.78, 5) is 23.4. The van der Waals surface area contributed by atoms with Crippen molar-refractivity contribution in [1.82, 2.24) is 4.74 Å². The first kappa shape index (κ1) is 13.3. The molecule has 0 radical (unpaired) electrons. The molecule has 0 aliphatic carbocycles. The van der Waals surface area contributed by atoms with Crippen molar-refractivity contribution in [1.29, 1.82) is 0 Å². The molecular weight excluding hydrogens is 366 g/mol. The van der Waals surface area contributed by atoms with Crippen molar-refractivity contribution in [2.24, 2.45) is 0 Å². The molecule has 0 N–H and O–H groups in total. The Morgan fingerprint density at radius 1 is 1.22 bits per heavy atom. The summed E-state index contributed by atoms with van der Waals surface area (Å²) in [7, 11) is 0. The maximum atomic E-state index is 12.2. The van der Waals surface area contributed by atoms with Crippen LogP contribution in [0.25, 0.3) is 0 Å². The Bertz CT molecular complexity index is 637. The maximum absolute atomic E-state index is 12.2. The van der Waals surface area contributed by atoms with Gasteiger partial charge in [0.15, 0.2) is 0 Å². The highest BCUT2D eigenvalue weighted by molar-refractivity contribution is 9.11. The Labute approximate surface area is 120 Å². The van der Waals surface area contributed by atoms with Crippen molar-refractivity contribution in [3.05, 3.63) is 54.9 Å². The van der Waals surface area contributed by atoms with E-state index in [2.05, 4.69) is 31.9 Å². The topological polar surface area (TPSA) is 52.2 Å². The summed E-state index contributed by atoms with van der Waals surface area (Å²) in [6, 6.07) is 6.49. The van der Waals surface area contributed by atoms with Crippen molar-refractivity contribution in [3.8, 4) is 0 Å². The predicted molar refractivity (Wildman–Crippen MR) is 73.9 cm³/mol. The number of aryl methyl sites for hydroxylation is 1. The minimum atomic E-state index is -0.519. The van der Waals surface area contributed by atoms with Gasteiger partial charge in [-0.05, 0) is 24.6 Å². The highest BCUT2D eigenvalue weighted by Crippen LogP contribution is 2.21. The molecule has 0 aliphatic heterocycles. The van der Waals surface area contributed by atoms with Gasteiger partial charge in [-0.1, -0.05) is 38.8 Å². The van der Waals surface area contributed by atoms with Crippen LogP contribution in [-0.2, 0) is 6.42 Å². The van der Waals surface area contributed by atoms with Crippen molar-refractivity contribution in [2.75, 3.05) is 0 Å². The number of carbonyl (C=O) groups excluding carboxylic acids is 1. The number of aromatic nitrogens is 1. The number of rotatable bonds is 2. The second-order valence-corrected chi connectivity index (χ2v) is 5.49. The van der Waals surface area contributed by atoms with Crippen molar-refractivity contribution >= 4 is 37.8 Å². The predicted octanol–water partition coefficient (Wildman–Crippen LogP) is 3.22. The van der Waals surface area contributed by atoms with Crippen LogP contribution in [0, 0.1) is 0 Å². The monoisotopic (exact) mass is 373 g/mol. The molecule has 1 aromatic carbocycles. The highest BCUT2D eigenvalue weighted by atomic mass is 79.9. The molecule has 2 aromatic rings. The third kappa shape index (κ3) is 2.64. The fourth-order valence-electron chi connectivity index (χ4n) is 1.58. The van der Waals surface area contributed by atoms with E-state index in [0.717, 1.165) is 13.7 Å². The number of hydrogen-bond acceptors (Lipinski definition) is 3. The maximum Gasteiger partial charge on any atom is 0.358 e. The summed E-state index contributed by atoms with van der Waals surface area (Å²) in [6.07, 6.45) is 0.548. The third-order valence-electron chi connectivity index (χ3n) is 2.38. The zero-order chi connectivity index (χ0) is 13.3. The number of nitrogens with zero attached hydrogens (tertiary/aromatic N) is 1. The van der Waals surface area contributed by atoms with Crippen LogP contribution in [0.3, 0.4) is 0 Å². The molecule has 1 aromatic heterocycles. The largest absolute Gasteiger partial charge is 0.358 e. The molecule has 18 heavy (non-hydrogen) atoms. The first-order valence-electron chi connectivity index (χ1n) is 5.24. The SMILES string of the molecule is CCc1cc(=O)on1C(=O)c1cc(Br)cc(Br)c1. The lowest BCUT2D eigenvalue weighted by atomic mass is 10.2. The molecule has 2 rings (SSSR count). The van der Waals surface area contributed by atoms with Gasteiger partial charge < -0.3 is 4.52 Å². The summed E-state index contributed by atoms with van der Waals surface area (Å²) >= 11 is 6.62. The van der Waals surface area contributed by atoms with Gasteiger partial charge in [-0.3, -0.25) is 4.79 Å². The normalized spacial score (nSPS) is 10.6. The molecule has 1 heterocycles. The van der Waals surface area contributed by atoms with E-state index in [9.17, 15) is 9.59 Å². The fraction of sp³-hybridized carbons (Fsp3) is 0.167. The quantitative estimate of drug-likeness (QED) is 0.810. The smallest absolute Gasteiger partial charge is 0.328 e. The van der Waals surface area contributed by atoms with Gasteiger partial charge in [-0.2, -0.15) is 0 Å². The van der Waals surface area contributed by atoms with Gasteiger partial charge in [0.1, 0.15) is 0 Å². The first-order valence-corrected chi connectivity index (χ1v) is 6.83. The van der Waals surface area contributed by atoms with Crippen LogP contribution >= 0.6 is 31.9 Å². The Hall–Kier alpha value is -1.14. The summed E-state index contributed by atoms with van der Waals surface area (Å²) in [6.45, 7) is 1.85. The molecule has 0 atom stereocenters. The van der Waals surface area contributed by atoms with Crippen LogP contribution in [0.15, 0.2) is 42.5 Å². The van der Waals surface area contributed by atoms with Crippen molar-refractivity contribution in [3.63, 3.8) is 0 Å². The van der Waals surface area contributed by atoms with Crippen LogP contribution in [0.1, 0.15) is 23.0 Å². The molecule has 0 saturated carbocycles. The Morgan fingerprint density at radius 3 is 2.39 bits per heavy atom. The van der Waals surface area contributed by atoms with Crippen LogP contribution in [0.5, 0.6) is 0 Å². The van der Waals surface area contributed by atoms with Crippen LogP contribution in [0.2, 0.25) is 0 Å². The Kier molecular flexibility index (Phi) is 3.87. The van der Waals surface area contributed by atoms with E-state index in [1.54, 1.807) is 12.1 Å². The number of carbonyl (C=O) groups is 1. The molecule has 0 saturated heterocycles. The van der Waals surface area contributed by atoms with Crippen LogP contribution < -0.4 is 5.63 Å². The number of hydrogen-bond donors (Lipinski definition) is 0. The average Bonchev–Trinajstić information content (AvgIpc) is 2.68. The lowest BCUT2D eigenvalue weighted by molar-refractivity contribution is 0.0831. The third-order valence-corrected chi connectivity index (χ3v) is 3.30. The summed E-state index contributed by atoms with van der Waals surface area (Å²) in [5, 5.41) is 0. The van der Waals surface area contributed by atoms with Crippen LogP contribution in [-0.4, -0.2) is 10.6 Å². The van der Waals surface area contributed by atoms with Crippen LogP contribution in [0.4, 0.5) is 0 Å². The van der Waals surface area contributed by atoms with Gasteiger partial charge in [0.05, 0.1) is 5.69 Å². The molecule has 6 heteroatoms. The minimum Gasteiger partial charge on any atom is -0.328 e. The second kappa shape index (κ2) is 5.24. The van der Waals surface area contributed by atoms with Gasteiger partial charge in [-0.25, -0.2) is 4.79 Å². The number of halogens is 2. The molecule has 94 valence electrons. The fourth-order valence-corrected chi connectivity index (χ4v) is 2.88. The summed E-state index contributed by atoms with van der Waals surface area (Å²) < 4.78 is 7.46. The van der Waals surface area contributed by atoms with Crippen molar-refractivity contribution < 1.29 is 9.32 Å². The van der Waals surface area contributed by atoms with E-state index < -0.39 is 5.63 Å². The number of benzene rings is 1. The molecule has 0 spiro atoms.